The number of aliphatic hydroxyl groups is 1. The van der Waals surface area contributed by atoms with Crippen LogP contribution in [0.5, 0.6) is 17.2 Å². The minimum Gasteiger partial charge on any atom is -0.494 e. The summed E-state index contributed by atoms with van der Waals surface area (Å²) < 4.78 is 21.2. The first-order chi connectivity index (χ1) is 20.4. The Morgan fingerprint density at radius 3 is 1.83 bits per heavy atom. The fraction of sp³-hybridized carbons (Fsp3) is 0.206. The van der Waals surface area contributed by atoms with Crippen LogP contribution in [0.1, 0.15) is 31.2 Å². The second kappa shape index (κ2) is 17.0. The minimum absolute atomic E-state index is 0.0417. The molecule has 8 nitrogen and oxygen atoms in total. The van der Waals surface area contributed by atoms with Gasteiger partial charge in [-0.1, -0.05) is 49.6 Å². The van der Waals surface area contributed by atoms with Gasteiger partial charge in [-0.25, -0.2) is 14.4 Å². The van der Waals surface area contributed by atoms with Crippen LogP contribution in [-0.4, -0.2) is 42.8 Å². The molecule has 3 aromatic carbocycles. The molecule has 0 aromatic heterocycles. The van der Waals surface area contributed by atoms with Crippen LogP contribution in [0, 0.1) is 0 Å². The summed E-state index contributed by atoms with van der Waals surface area (Å²) in [6, 6.07) is 21.5. The highest BCUT2D eigenvalue weighted by Gasteiger charge is 2.08. The molecule has 0 heterocycles. The lowest BCUT2D eigenvalue weighted by Gasteiger charge is -2.08. The quantitative estimate of drug-likeness (QED) is 0.0953. The van der Waals surface area contributed by atoms with Gasteiger partial charge in [0, 0.05) is 12.2 Å². The highest BCUT2D eigenvalue weighted by atomic mass is 16.5. The molecule has 0 saturated heterocycles. The molecule has 0 aliphatic carbocycles. The molecular weight excluding hydrogens is 536 g/mol. The van der Waals surface area contributed by atoms with Gasteiger partial charge in [0.15, 0.2) is 0 Å². The third-order valence-electron chi connectivity index (χ3n) is 5.96. The molecule has 0 aliphatic rings. The molecule has 218 valence electrons. The molecule has 0 atom stereocenters. The molecule has 0 saturated carbocycles. The monoisotopic (exact) mass is 570 g/mol. The van der Waals surface area contributed by atoms with Crippen molar-refractivity contribution in [3.63, 3.8) is 0 Å². The number of carbonyl (C=O) groups excluding carboxylic acids is 3. The Morgan fingerprint density at radius 2 is 1.24 bits per heavy atom. The van der Waals surface area contributed by atoms with Crippen LogP contribution in [-0.2, 0) is 19.1 Å². The van der Waals surface area contributed by atoms with Crippen LogP contribution >= 0.6 is 0 Å². The first-order valence-corrected chi connectivity index (χ1v) is 13.5. The standard InChI is InChI=1S/C34H34O8/c1-3-32(36)40-23-7-5-4-6-22-39-29-17-11-27(12-18-29)28-13-19-30(20-14-28)41-33(37)21-10-26-8-15-31(16-9-26)42-34(38)25(2)24-35/h3,8-21,35H,1-2,4-7,22-24H2/b21-10+. The molecule has 0 fully saturated rings. The third-order valence-corrected chi connectivity index (χ3v) is 5.96. The molecule has 0 unspecified atom stereocenters. The number of hydrogen-bond donors (Lipinski definition) is 1. The Labute approximate surface area is 245 Å². The lowest BCUT2D eigenvalue weighted by atomic mass is 10.1. The molecule has 8 heteroatoms. The average molecular weight is 571 g/mol. The lowest BCUT2D eigenvalue weighted by Crippen LogP contribution is -2.12. The molecule has 0 aliphatic heterocycles. The second-order valence-electron chi connectivity index (χ2n) is 9.16. The van der Waals surface area contributed by atoms with Crippen LogP contribution in [0.4, 0.5) is 0 Å². The van der Waals surface area contributed by atoms with Crippen LogP contribution in [0.15, 0.2) is 104 Å². The maximum absolute atomic E-state index is 12.3. The lowest BCUT2D eigenvalue weighted by molar-refractivity contribution is -0.138. The molecule has 42 heavy (non-hydrogen) atoms. The summed E-state index contributed by atoms with van der Waals surface area (Å²) in [5.74, 6) is -0.122. The number of unbranched alkanes of at least 4 members (excludes halogenated alkanes) is 3. The van der Waals surface area contributed by atoms with Crippen LogP contribution < -0.4 is 14.2 Å². The van der Waals surface area contributed by atoms with E-state index in [0.717, 1.165) is 42.6 Å². The van der Waals surface area contributed by atoms with E-state index in [2.05, 4.69) is 13.2 Å². The van der Waals surface area contributed by atoms with Crippen molar-refractivity contribution in [1.29, 1.82) is 0 Å². The number of rotatable bonds is 16. The van der Waals surface area contributed by atoms with Gasteiger partial charge in [0.25, 0.3) is 0 Å². The van der Waals surface area contributed by atoms with Gasteiger partial charge in [-0.3, -0.25) is 0 Å². The normalized spacial score (nSPS) is 10.6. The zero-order valence-corrected chi connectivity index (χ0v) is 23.3. The highest BCUT2D eigenvalue weighted by Crippen LogP contribution is 2.25. The topological polar surface area (TPSA) is 108 Å². The summed E-state index contributed by atoms with van der Waals surface area (Å²) >= 11 is 0. The van der Waals surface area contributed by atoms with Crippen molar-refractivity contribution < 1.29 is 38.4 Å². The number of carbonyl (C=O) groups is 3. The maximum atomic E-state index is 12.3. The van der Waals surface area contributed by atoms with E-state index >= 15 is 0 Å². The van der Waals surface area contributed by atoms with Crippen LogP contribution in [0.25, 0.3) is 17.2 Å². The third kappa shape index (κ3) is 10.9. The van der Waals surface area contributed by atoms with Crippen molar-refractivity contribution in [2.24, 2.45) is 0 Å². The van der Waals surface area contributed by atoms with Crippen molar-refractivity contribution in [3.8, 4) is 28.4 Å². The molecule has 3 rings (SSSR count). The summed E-state index contributed by atoms with van der Waals surface area (Å²) in [6.07, 6.45) is 7.76. The molecule has 1 N–H and O–H groups in total. The maximum Gasteiger partial charge on any atom is 0.341 e. The minimum atomic E-state index is -0.706. The van der Waals surface area contributed by atoms with Gasteiger partial charge >= 0.3 is 17.9 Å². The first-order valence-electron chi connectivity index (χ1n) is 13.5. The van der Waals surface area contributed by atoms with Gasteiger partial charge in [0.05, 0.1) is 25.4 Å². The number of esters is 3. The Morgan fingerprint density at radius 1 is 0.690 bits per heavy atom. The fourth-order valence-corrected chi connectivity index (χ4v) is 3.64. The van der Waals surface area contributed by atoms with Crippen molar-refractivity contribution >= 4 is 24.0 Å². The van der Waals surface area contributed by atoms with Crippen LogP contribution in [0.3, 0.4) is 0 Å². The molecular formula is C34H34O8. The van der Waals surface area contributed by atoms with Crippen molar-refractivity contribution in [3.05, 3.63) is 109 Å². The first kappa shape index (κ1) is 31.6. The largest absolute Gasteiger partial charge is 0.494 e. The van der Waals surface area contributed by atoms with Crippen LogP contribution in [0.2, 0.25) is 0 Å². The van der Waals surface area contributed by atoms with Gasteiger partial charge in [-0.05, 0) is 84.8 Å². The number of aliphatic hydroxyl groups excluding tert-OH is 1. The average Bonchev–Trinajstić information content (AvgIpc) is 3.02. The highest BCUT2D eigenvalue weighted by molar-refractivity contribution is 5.90. The van der Waals surface area contributed by atoms with Gasteiger partial charge in [-0.15, -0.1) is 0 Å². The molecule has 0 radical (unpaired) electrons. The van der Waals surface area contributed by atoms with Crippen molar-refractivity contribution in [2.75, 3.05) is 19.8 Å². The summed E-state index contributed by atoms with van der Waals surface area (Å²) in [5.41, 5.74) is 2.64. The zero-order chi connectivity index (χ0) is 30.2. The number of ether oxygens (including phenoxy) is 4. The van der Waals surface area contributed by atoms with E-state index in [-0.39, 0.29) is 11.5 Å². The SMILES string of the molecule is C=CC(=O)OCCCCCCOc1ccc(-c2ccc(OC(=O)/C=C/c3ccc(OC(=O)C(=C)CO)cc3)cc2)cc1. The summed E-state index contributed by atoms with van der Waals surface area (Å²) in [6.45, 7) is 7.33. The van der Waals surface area contributed by atoms with E-state index < -0.39 is 18.5 Å². The Kier molecular flexibility index (Phi) is 12.8. The Hall–Kier alpha value is -4.95. The molecule has 3 aromatic rings. The molecule has 0 spiro atoms. The Balaban J connectivity index is 1.39. The number of hydrogen-bond acceptors (Lipinski definition) is 8. The predicted molar refractivity (Wildman–Crippen MR) is 160 cm³/mol. The fourth-order valence-electron chi connectivity index (χ4n) is 3.64. The summed E-state index contributed by atoms with van der Waals surface area (Å²) in [4.78, 5) is 34.9. The summed E-state index contributed by atoms with van der Waals surface area (Å²) in [5, 5.41) is 8.93. The van der Waals surface area contributed by atoms with E-state index in [1.165, 1.54) is 12.2 Å². The van der Waals surface area contributed by atoms with E-state index in [4.69, 9.17) is 24.1 Å². The van der Waals surface area contributed by atoms with Gasteiger partial charge in [0.2, 0.25) is 0 Å². The van der Waals surface area contributed by atoms with Gasteiger partial charge in [0.1, 0.15) is 17.2 Å². The summed E-state index contributed by atoms with van der Waals surface area (Å²) in [7, 11) is 0. The smallest absolute Gasteiger partial charge is 0.341 e. The molecule has 0 amide bonds. The van der Waals surface area contributed by atoms with Crippen molar-refractivity contribution in [2.45, 2.75) is 25.7 Å². The van der Waals surface area contributed by atoms with Gasteiger partial charge < -0.3 is 24.1 Å². The van der Waals surface area contributed by atoms with Gasteiger partial charge in [-0.2, -0.15) is 0 Å². The second-order valence-corrected chi connectivity index (χ2v) is 9.16. The molecule has 0 bridgehead atoms. The predicted octanol–water partition coefficient (Wildman–Crippen LogP) is 6.09. The van der Waals surface area contributed by atoms with Crippen molar-refractivity contribution in [1.82, 2.24) is 0 Å². The van der Waals surface area contributed by atoms with E-state index in [0.29, 0.717) is 30.3 Å². The van der Waals surface area contributed by atoms with E-state index in [1.807, 2.05) is 36.4 Å². The zero-order valence-electron chi connectivity index (χ0n) is 23.3. The van der Waals surface area contributed by atoms with E-state index in [1.54, 1.807) is 42.5 Å². The van der Waals surface area contributed by atoms with E-state index in [9.17, 15) is 14.4 Å². The number of benzene rings is 3. The Bertz CT molecular complexity index is 1370.